The van der Waals surface area contributed by atoms with Crippen LogP contribution < -0.4 is 0 Å². The van der Waals surface area contributed by atoms with Crippen molar-refractivity contribution in [2.45, 2.75) is 19.3 Å². The standard InChI is InChI=1S/C5H7O/c6-5-3-1-2-4-5/h3H,1-2,4H2. The third-order valence-corrected chi connectivity index (χ3v) is 0.999. The molecule has 1 rings (SSSR count). The first-order chi connectivity index (χ1) is 2.89. The maximum absolute atomic E-state index is 10.2. The highest BCUT2D eigenvalue weighted by molar-refractivity contribution is 4.96. The fraction of sp³-hybridized carbons (Fsp3) is 0.600. The van der Waals surface area contributed by atoms with Crippen molar-refractivity contribution in [2.75, 3.05) is 0 Å². The fourth-order valence-electron chi connectivity index (χ4n) is 0.641. The molecule has 0 heterocycles. The molecular formula is C5H7O. The van der Waals surface area contributed by atoms with Gasteiger partial charge in [-0.25, -0.2) is 0 Å². The molecular weight excluding hydrogens is 76.1 g/mol. The maximum atomic E-state index is 10.2. The lowest BCUT2D eigenvalue weighted by molar-refractivity contribution is 0.287. The largest absolute Gasteiger partial charge is 0.295 e. The molecule has 0 aliphatic heterocycles. The van der Waals surface area contributed by atoms with Crippen LogP contribution in [0, 0.1) is 0 Å². The van der Waals surface area contributed by atoms with E-state index in [0.29, 0.717) is 5.76 Å². The average Bonchev–Trinajstić information content (AvgIpc) is 1.86. The predicted molar refractivity (Wildman–Crippen MR) is 22.6 cm³/mol. The highest BCUT2D eigenvalue weighted by atomic mass is 16.3. The number of hydrogen-bond acceptors (Lipinski definition) is 0. The van der Waals surface area contributed by atoms with Gasteiger partial charge in [-0.1, -0.05) is 0 Å². The molecule has 6 heavy (non-hydrogen) atoms. The van der Waals surface area contributed by atoms with Crippen LogP contribution in [0.3, 0.4) is 0 Å². The van der Waals surface area contributed by atoms with Gasteiger partial charge in [-0.05, 0) is 18.9 Å². The second-order valence-electron chi connectivity index (χ2n) is 1.56. The molecule has 0 aromatic rings. The highest BCUT2D eigenvalue weighted by Gasteiger charge is 2.00. The SMILES string of the molecule is [O]C1=CCCC1. The second-order valence-corrected chi connectivity index (χ2v) is 1.56. The van der Waals surface area contributed by atoms with E-state index in [2.05, 4.69) is 0 Å². The van der Waals surface area contributed by atoms with E-state index in [9.17, 15) is 5.11 Å². The van der Waals surface area contributed by atoms with Crippen molar-refractivity contribution in [3.8, 4) is 0 Å². The molecule has 0 saturated carbocycles. The van der Waals surface area contributed by atoms with E-state index >= 15 is 0 Å². The molecule has 0 bridgehead atoms. The Hall–Kier alpha value is -0.460. The van der Waals surface area contributed by atoms with Crippen LogP contribution in [0.25, 0.3) is 0 Å². The van der Waals surface area contributed by atoms with Gasteiger partial charge < -0.3 is 0 Å². The van der Waals surface area contributed by atoms with E-state index < -0.39 is 0 Å². The zero-order valence-electron chi connectivity index (χ0n) is 3.61. The first kappa shape index (κ1) is 3.72. The summed E-state index contributed by atoms with van der Waals surface area (Å²) >= 11 is 0. The molecule has 0 aromatic carbocycles. The minimum absolute atomic E-state index is 0.329. The van der Waals surface area contributed by atoms with Gasteiger partial charge >= 0.3 is 0 Å². The Balaban J connectivity index is 2.45. The number of hydrogen-bond donors (Lipinski definition) is 0. The molecule has 1 radical (unpaired) electrons. The lowest BCUT2D eigenvalue weighted by Gasteiger charge is -1.74. The molecule has 0 amide bonds. The quantitative estimate of drug-likeness (QED) is 0.422. The maximum Gasteiger partial charge on any atom is 0.151 e. The van der Waals surface area contributed by atoms with Crippen molar-refractivity contribution in [2.24, 2.45) is 0 Å². The summed E-state index contributed by atoms with van der Waals surface area (Å²) in [5.41, 5.74) is 0. The zero-order chi connectivity index (χ0) is 4.41. The lowest BCUT2D eigenvalue weighted by atomic mass is 10.4. The van der Waals surface area contributed by atoms with Crippen LogP contribution in [0.15, 0.2) is 11.8 Å². The van der Waals surface area contributed by atoms with Crippen molar-refractivity contribution in [1.82, 2.24) is 0 Å². The molecule has 0 spiro atoms. The van der Waals surface area contributed by atoms with Crippen molar-refractivity contribution in [3.63, 3.8) is 0 Å². The van der Waals surface area contributed by atoms with Gasteiger partial charge in [-0.15, -0.1) is 0 Å². The van der Waals surface area contributed by atoms with E-state index in [-0.39, 0.29) is 0 Å². The van der Waals surface area contributed by atoms with Crippen molar-refractivity contribution >= 4 is 0 Å². The molecule has 1 nitrogen and oxygen atoms in total. The summed E-state index contributed by atoms with van der Waals surface area (Å²) in [7, 11) is 0. The van der Waals surface area contributed by atoms with Gasteiger partial charge in [-0.3, -0.25) is 5.11 Å². The minimum atomic E-state index is 0.329. The summed E-state index contributed by atoms with van der Waals surface area (Å²) in [6.07, 6.45) is 4.65. The first-order valence-corrected chi connectivity index (χ1v) is 2.25. The van der Waals surface area contributed by atoms with Crippen LogP contribution in [0.1, 0.15) is 19.3 Å². The van der Waals surface area contributed by atoms with Crippen LogP contribution in [-0.2, 0) is 5.11 Å². The number of allylic oxidation sites excluding steroid dienone is 2. The summed E-state index contributed by atoms with van der Waals surface area (Å²) in [4.78, 5) is 0. The van der Waals surface area contributed by atoms with Crippen LogP contribution in [0.5, 0.6) is 0 Å². The van der Waals surface area contributed by atoms with Gasteiger partial charge in [0.15, 0.2) is 5.76 Å². The Morgan fingerprint density at radius 2 is 2.50 bits per heavy atom. The lowest BCUT2D eigenvalue weighted by Crippen LogP contribution is -1.63. The Morgan fingerprint density at radius 1 is 1.67 bits per heavy atom. The summed E-state index contributed by atoms with van der Waals surface area (Å²) in [5.74, 6) is 0.329. The third kappa shape index (κ3) is 0.534. The summed E-state index contributed by atoms with van der Waals surface area (Å²) in [6, 6.07) is 0. The Morgan fingerprint density at radius 3 is 2.67 bits per heavy atom. The van der Waals surface area contributed by atoms with Gasteiger partial charge in [0.05, 0.1) is 0 Å². The zero-order valence-corrected chi connectivity index (χ0v) is 3.61. The summed E-state index contributed by atoms with van der Waals surface area (Å²) < 4.78 is 0. The smallest absolute Gasteiger partial charge is 0.151 e. The van der Waals surface area contributed by atoms with Crippen molar-refractivity contribution in [3.05, 3.63) is 11.8 Å². The van der Waals surface area contributed by atoms with Crippen molar-refractivity contribution in [1.29, 1.82) is 0 Å². The second kappa shape index (κ2) is 1.33. The summed E-state index contributed by atoms with van der Waals surface area (Å²) in [6.45, 7) is 0. The van der Waals surface area contributed by atoms with Crippen LogP contribution in [0.4, 0.5) is 0 Å². The van der Waals surface area contributed by atoms with Gasteiger partial charge in [-0.2, -0.15) is 0 Å². The molecule has 0 atom stereocenters. The van der Waals surface area contributed by atoms with E-state index in [1.165, 1.54) is 0 Å². The van der Waals surface area contributed by atoms with Crippen LogP contribution >= 0.6 is 0 Å². The third-order valence-electron chi connectivity index (χ3n) is 0.999. The molecule has 0 aromatic heterocycles. The fourth-order valence-corrected chi connectivity index (χ4v) is 0.641. The first-order valence-electron chi connectivity index (χ1n) is 2.25. The number of rotatable bonds is 0. The molecule has 0 unspecified atom stereocenters. The van der Waals surface area contributed by atoms with E-state index in [0.717, 1.165) is 19.3 Å². The monoisotopic (exact) mass is 83.0 g/mol. The normalized spacial score (nSPS) is 21.0. The van der Waals surface area contributed by atoms with E-state index in [4.69, 9.17) is 0 Å². The van der Waals surface area contributed by atoms with Gasteiger partial charge in [0.25, 0.3) is 0 Å². The highest BCUT2D eigenvalue weighted by Crippen LogP contribution is 2.13. The summed E-state index contributed by atoms with van der Waals surface area (Å²) in [5, 5.41) is 10.2. The predicted octanol–water partition coefficient (Wildman–Crippen LogP) is 1.48. The molecule has 1 aliphatic carbocycles. The van der Waals surface area contributed by atoms with Crippen molar-refractivity contribution < 1.29 is 5.11 Å². The van der Waals surface area contributed by atoms with E-state index in [1.54, 1.807) is 6.08 Å². The van der Waals surface area contributed by atoms with Gasteiger partial charge in [0.1, 0.15) is 0 Å². The Bertz CT molecular complexity index is 74.0. The average molecular weight is 83.1 g/mol. The van der Waals surface area contributed by atoms with Gasteiger partial charge in [0.2, 0.25) is 0 Å². The molecule has 0 fully saturated rings. The molecule has 0 N–H and O–H groups in total. The van der Waals surface area contributed by atoms with Crippen LogP contribution in [0.2, 0.25) is 0 Å². The molecule has 1 heteroatoms. The Labute approximate surface area is 37.3 Å². The minimum Gasteiger partial charge on any atom is -0.295 e. The van der Waals surface area contributed by atoms with Gasteiger partial charge in [0, 0.05) is 6.42 Å². The van der Waals surface area contributed by atoms with E-state index in [1.807, 2.05) is 0 Å². The topological polar surface area (TPSA) is 19.9 Å². The molecule has 0 saturated heterocycles. The molecule has 33 valence electrons. The molecule has 1 aliphatic rings. The Kier molecular flexibility index (Phi) is 0.825. The van der Waals surface area contributed by atoms with Crippen LogP contribution in [-0.4, -0.2) is 0 Å².